The number of halogens is 1. The van der Waals surface area contributed by atoms with Gasteiger partial charge in [0.15, 0.2) is 0 Å². The summed E-state index contributed by atoms with van der Waals surface area (Å²) in [6.45, 7) is 0.968. The Hall–Kier alpha value is -1.67. The van der Waals surface area contributed by atoms with E-state index in [9.17, 15) is 4.39 Å². The van der Waals surface area contributed by atoms with Crippen LogP contribution in [0.15, 0.2) is 48.5 Å². The van der Waals surface area contributed by atoms with Crippen molar-refractivity contribution in [3.8, 4) is 0 Å². The fourth-order valence-corrected chi connectivity index (χ4v) is 2.66. The maximum absolute atomic E-state index is 13.7. The third-order valence-electron chi connectivity index (χ3n) is 3.60. The Kier molecular flexibility index (Phi) is 3.11. The van der Waals surface area contributed by atoms with E-state index in [-0.39, 0.29) is 11.9 Å². The van der Waals surface area contributed by atoms with E-state index in [1.807, 2.05) is 12.1 Å². The Balaban J connectivity index is 1.89. The maximum atomic E-state index is 13.7. The predicted molar refractivity (Wildman–Crippen MR) is 71.0 cm³/mol. The first-order valence-electron chi connectivity index (χ1n) is 6.39. The van der Waals surface area contributed by atoms with Crippen LogP contribution in [0.3, 0.4) is 0 Å². The smallest absolute Gasteiger partial charge is 0.126 e. The van der Waals surface area contributed by atoms with Gasteiger partial charge in [0.05, 0.1) is 0 Å². The fourth-order valence-electron chi connectivity index (χ4n) is 2.66. The molecule has 2 aromatic rings. The van der Waals surface area contributed by atoms with E-state index in [1.54, 1.807) is 6.07 Å². The summed E-state index contributed by atoms with van der Waals surface area (Å²) < 4.78 is 13.7. The molecule has 18 heavy (non-hydrogen) atoms. The summed E-state index contributed by atoms with van der Waals surface area (Å²) in [5.41, 5.74) is 3.48. The third-order valence-corrected chi connectivity index (χ3v) is 3.60. The summed E-state index contributed by atoms with van der Waals surface area (Å²) in [6, 6.07) is 15.7. The second kappa shape index (κ2) is 4.91. The number of hydrogen-bond acceptors (Lipinski definition) is 1. The van der Waals surface area contributed by atoms with E-state index in [1.165, 1.54) is 17.2 Å². The van der Waals surface area contributed by atoms with E-state index in [0.717, 1.165) is 18.5 Å². The number of nitrogens with one attached hydrogen (secondary N) is 1. The molecule has 0 aromatic heterocycles. The minimum absolute atomic E-state index is 0.109. The maximum Gasteiger partial charge on any atom is 0.126 e. The third kappa shape index (κ3) is 2.16. The lowest BCUT2D eigenvalue weighted by Crippen LogP contribution is -2.31. The molecule has 1 heterocycles. The van der Waals surface area contributed by atoms with Crippen LogP contribution >= 0.6 is 0 Å². The zero-order valence-electron chi connectivity index (χ0n) is 10.2. The van der Waals surface area contributed by atoms with Gasteiger partial charge < -0.3 is 5.32 Å². The minimum atomic E-state index is -0.109. The van der Waals surface area contributed by atoms with Gasteiger partial charge in [0.1, 0.15) is 5.82 Å². The van der Waals surface area contributed by atoms with Crippen LogP contribution in [0.2, 0.25) is 0 Å². The number of hydrogen-bond donors (Lipinski definition) is 1. The second-order valence-corrected chi connectivity index (χ2v) is 4.75. The summed E-state index contributed by atoms with van der Waals surface area (Å²) in [7, 11) is 0. The van der Waals surface area contributed by atoms with E-state index in [2.05, 4.69) is 29.6 Å². The SMILES string of the molecule is Fc1ccccc1CC1NCCc2ccccc21. The van der Waals surface area contributed by atoms with Crippen molar-refractivity contribution in [2.45, 2.75) is 18.9 Å². The summed E-state index contributed by atoms with van der Waals surface area (Å²) >= 11 is 0. The lowest BCUT2D eigenvalue weighted by atomic mass is 9.90. The second-order valence-electron chi connectivity index (χ2n) is 4.75. The van der Waals surface area contributed by atoms with Crippen molar-refractivity contribution in [3.05, 3.63) is 71.0 Å². The van der Waals surface area contributed by atoms with Gasteiger partial charge in [-0.1, -0.05) is 42.5 Å². The van der Waals surface area contributed by atoms with Crippen molar-refractivity contribution in [1.29, 1.82) is 0 Å². The Bertz CT molecular complexity index is 550. The van der Waals surface area contributed by atoms with Crippen LogP contribution in [-0.2, 0) is 12.8 Å². The average molecular weight is 241 g/mol. The Morgan fingerprint density at radius 2 is 1.83 bits per heavy atom. The fraction of sp³-hybridized carbons (Fsp3) is 0.250. The van der Waals surface area contributed by atoms with Crippen molar-refractivity contribution >= 4 is 0 Å². The summed E-state index contributed by atoms with van der Waals surface area (Å²) in [6.07, 6.45) is 1.77. The zero-order chi connectivity index (χ0) is 12.4. The van der Waals surface area contributed by atoms with Gasteiger partial charge in [0, 0.05) is 6.04 Å². The lowest BCUT2D eigenvalue weighted by Gasteiger charge is -2.27. The molecule has 1 N–H and O–H groups in total. The molecule has 0 saturated heterocycles. The molecule has 1 aliphatic heterocycles. The first-order valence-corrected chi connectivity index (χ1v) is 6.39. The zero-order valence-corrected chi connectivity index (χ0v) is 10.2. The Morgan fingerprint density at radius 3 is 2.72 bits per heavy atom. The first-order chi connectivity index (χ1) is 8.84. The van der Waals surface area contributed by atoms with Gasteiger partial charge in [0.2, 0.25) is 0 Å². The van der Waals surface area contributed by atoms with E-state index >= 15 is 0 Å². The highest BCUT2D eigenvalue weighted by Crippen LogP contribution is 2.26. The topological polar surface area (TPSA) is 12.0 Å². The summed E-state index contributed by atoms with van der Waals surface area (Å²) in [5, 5.41) is 3.48. The molecule has 0 bridgehead atoms. The van der Waals surface area contributed by atoms with Gasteiger partial charge >= 0.3 is 0 Å². The highest BCUT2D eigenvalue weighted by molar-refractivity contribution is 5.34. The van der Waals surface area contributed by atoms with E-state index < -0.39 is 0 Å². The van der Waals surface area contributed by atoms with Gasteiger partial charge in [-0.15, -0.1) is 0 Å². The number of rotatable bonds is 2. The molecule has 2 aromatic carbocycles. The quantitative estimate of drug-likeness (QED) is 0.851. The molecule has 92 valence electrons. The molecule has 0 spiro atoms. The molecule has 0 aliphatic carbocycles. The van der Waals surface area contributed by atoms with Crippen LogP contribution < -0.4 is 5.32 Å². The molecule has 1 unspecified atom stereocenters. The van der Waals surface area contributed by atoms with Gasteiger partial charge in [0.25, 0.3) is 0 Å². The van der Waals surface area contributed by atoms with Crippen LogP contribution in [0.4, 0.5) is 4.39 Å². The highest BCUT2D eigenvalue weighted by atomic mass is 19.1. The Morgan fingerprint density at radius 1 is 1.06 bits per heavy atom. The molecule has 0 amide bonds. The van der Waals surface area contributed by atoms with Crippen molar-refractivity contribution in [2.75, 3.05) is 6.54 Å². The molecule has 3 rings (SSSR count). The minimum Gasteiger partial charge on any atom is -0.309 e. The van der Waals surface area contributed by atoms with Gasteiger partial charge in [-0.25, -0.2) is 4.39 Å². The summed E-state index contributed by atoms with van der Waals surface area (Å²) in [4.78, 5) is 0. The van der Waals surface area contributed by atoms with Crippen LogP contribution in [0.1, 0.15) is 22.7 Å². The van der Waals surface area contributed by atoms with Crippen molar-refractivity contribution < 1.29 is 4.39 Å². The van der Waals surface area contributed by atoms with E-state index in [0.29, 0.717) is 6.42 Å². The first kappa shape index (κ1) is 11.4. The van der Waals surface area contributed by atoms with E-state index in [4.69, 9.17) is 0 Å². The van der Waals surface area contributed by atoms with Gasteiger partial charge in [-0.05, 0) is 42.1 Å². The highest BCUT2D eigenvalue weighted by Gasteiger charge is 2.20. The number of fused-ring (bicyclic) bond motifs is 1. The lowest BCUT2D eigenvalue weighted by molar-refractivity contribution is 0.490. The van der Waals surface area contributed by atoms with Crippen molar-refractivity contribution in [3.63, 3.8) is 0 Å². The van der Waals surface area contributed by atoms with Crippen molar-refractivity contribution in [1.82, 2.24) is 5.32 Å². The Labute approximate surface area is 107 Å². The van der Waals surface area contributed by atoms with Crippen LogP contribution in [0, 0.1) is 5.82 Å². The summed E-state index contributed by atoms with van der Waals surface area (Å²) in [5.74, 6) is -0.109. The van der Waals surface area contributed by atoms with Crippen LogP contribution in [0.25, 0.3) is 0 Å². The van der Waals surface area contributed by atoms with Crippen LogP contribution in [-0.4, -0.2) is 6.54 Å². The van der Waals surface area contributed by atoms with Gasteiger partial charge in [-0.2, -0.15) is 0 Å². The molecule has 0 radical (unpaired) electrons. The standard InChI is InChI=1S/C16H16FN/c17-15-8-4-2-6-13(15)11-16-14-7-3-1-5-12(14)9-10-18-16/h1-8,16,18H,9-11H2. The molecule has 1 nitrogen and oxygen atoms in total. The molecule has 0 fully saturated rings. The molecular weight excluding hydrogens is 225 g/mol. The monoisotopic (exact) mass is 241 g/mol. The van der Waals surface area contributed by atoms with Crippen molar-refractivity contribution in [2.24, 2.45) is 0 Å². The largest absolute Gasteiger partial charge is 0.309 e. The molecule has 2 heteroatoms. The average Bonchev–Trinajstić information content (AvgIpc) is 2.42. The molecular formula is C16H16FN. The normalized spacial score (nSPS) is 18.4. The predicted octanol–water partition coefficient (Wildman–Crippen LogP) is 3.26. The molecule has 0 saturated carbocycles. The van der Waals surface area contributed by atoms with Gasteiger partial charge in [-0.3, -0.25) is 0 Å². The molecule has 1 aliphatic rings. The number of benzene rings is 2. The molecule has 1 atom stereocenters. The van der Waals surface area contributed by atoms with Crippen LogP contribution in [0.5, 0.6) is 0 Å².